The number of piperidine rings is 1. The van der Waals surface area contributed by atoms with E-state index in [1.807, 2.05) is 24.3 Å². The summed E-state index contributed by atoms with van der Waals surface area (Å²) in [6.45, 7) is 1.39. The summed E-state index contributed by atoms with van der Waals surface area (Å²) >= 11 is 6.28. The summed E-state index contributed by atoms with van der Waals surface area (Å²) in [6, 6.07) is 11.3. The van der Waals surface area contributed by atoms with Crippen molar-refractivity contribution >= 4 is 46.3 Å². The Labute approximate surface area is 191 Å². The molecule has 1 aliphatic heterocycles. The monoisotopic (exact) mass is 459 g/mol. The summed E-state index contributed by atoms with van der Waals surface area (Å²) in [4.78, 5) is 2.11. The third-order valence-electron chi connectivity index (χ3n) is 5.51. The van der Waals surface area contributed by atoms with E-state index < -0.39 is 0 Å². The number of aliphatic hydroxyl groups excluding tert-OH is 1. The van der Waals surface area contributed by atoms with Crippen LogP contribution in [0.15, 0.2) is 30.3 Å². The van der Waals surface area contributed by atoms with Crippen molar-refractivity contribution in [1.29, 1.82) is 5.26 Å². The fourth-order valence-electron chi connectivity index (χ4n) is 3.87. The Morgan fingerprint density at radius 2 is 2.00 bits per heavy atom. The molecule has 2 heterocycles. The fourth-order valence-corrected chi connectivity index (χ4v) is 4.15. The van der Waals surface area contributed by atoms with Crippen molar-refractivity contribution in [2.45, 2.75) is 25.4 Å². The Kier molecular flexibility index (Phi) is 7.06. The molecule has 7 nitrogen and oxygen atoms in total. The van der Waals surface area contributed by atoms with Crippen LogP contribution in [0.1, 0.15) is 29.7 Å². The van der Waals surface area contributed by atoms with E-state index >= 15 is 0 Å². The van der Waals surface area contributed by atoms with Crippen molar-refractivity contribution in [3.05, 3.63) is 52.2 Å². The molecule has 0 aliphatic carbocycles. The number of nitrogen functional groups attached to an aromatic ring is 1. The first-order chi connectivity index (χ1) is 14.5. The molecular formula is C22H23Cl2N5O2. The van der Waals surface area contributed by atoms with E-state index in [2.05, 4.69) is 21.2 Å². The van der Waals surface area contributed by atoms with Gasteiger partial charge in [-0.3, -0.25) is 0 Å². The highest BCUT2D eigenvalue weighted by molar-refractivity contribution is 6.32. The highest BCUT2D eigenvalue weighted by Gasteiger charge is 2.23. The fraction of sp³-hybridized carbons (Fsp3) is 0.318. The molecule has 0 spiro atoms. The predicted octanol–water partition coefficient (Wildman–Crippen LogP) is 3.72. The lowest BCUT2D eigenvalue weighted by molar-refractivity contribution is 0.145. The van der Waals surface area contributed by atoms with Crippen molar-refractivity contribution < 1.29 is 9.84 Å². The molecule has 162 valence electrons. The summed E-state index contributed by atoms with van der Waals surface area (Å²) in [7, 11) is 1.57. The normalized spacial score (nSPS) is 14.2. The molecule has 1 aliphatic rings. The lowest BCUT2D eigenvalue weighted by atomic mass is 9.99. The number of rotatable bonds is 4. The first-order valence-corrected chi connectivity index (χ1v) is 10.1. The van der Waals surface area contributed by atoms with Gasteiger partial charge in [-0.05, 0) is 42.7 Å². The Balaban J connectivity index is 0.00000272. The van der Waals surface area contributed by atoms with Crippen LogP contribution < -0.4 is 15.4 Å². The zero-order valence-electron chi connectivity index (χ0n) is 17.0. The third kappa shape index (κ3) is 4.47. The molecule has 2 aromatic carbocycles. The summed E-state index contributed by atoms with van der Waals surface area (Å²) in [5, 5.41) is 30.4. The molecule has 1 saturated heterocycles. The number of aromatic nitrogens is 2. The van der Waals surface area contributed by atoms with Crippen LogP contribution in [0.25, 0.3) is 10.8 Å². The lowest BCUT2D eigenvalue weighted by Gasteiger charge is -2.31. The number of aliphatic hydroxyl groups is 1. The second kappa shape index (κ2) is 9.56. The molecule has 1 aromatic heterocycles. The highest BCUT2D eigenvalue weighted by Crippen LogP contribution is 2.35. The molecule has 9 heteroatoms. The summed E-state index contributed by atoms with van der Waals surface area (Å²) < 4.78 is 5.22. The van der Waals surface area contributed by atoms with E-state index in [4.69, 9.17) is 22.1 Å². The van der Waals surface area contributed by atoms with Gasteiger partial charge in [-0.25, -0.2) is 0 Å². The van der Waals surface area contributed by atoms with Crippen molar-refractivity contribution in [3.8, 4) is 11.8 Å². The number of nitriles is 1. The minimum Gasteiger partial charge on any atom is -0.495 e. The second-order valence-electron chi connectivity index (χ2n) is 7.40. The summed E-state index contributed by atoms with van der Waals surface area (Å²) in [5.41, 5.74) is 8.81. The maximum absolute atomic E-state index is 9.83. The molecule has 0 saturated carbocycles. The van der Waals surface area contributed by atoms with Gasteiger partial charge >= 0.3 is 0 Å². The number of nitrogens with two attached hydrogens (primary N) is 1. The zero-order valence-corrected chi connectivity index (χ0v) is 18.6. The number of fused-ring (bicyclic) bond motifs is 1. The molecular weight excluding hydrogens is 437 g/mol. The van der Waals surface area contributed by atoms with E-state index in [9.17, 15) is 10.4 Å². The van der Waals surface area contributed by atoms with Gasteiger partial charge in [-0.1, -0.05) is 17.7 Å². The second-order valence-corrected chi connectivity index (χ2v) is 7.80. The number of benzene rings is 2. The predicted molar refractivity (Wildman–Crippen MR) is 124 cm³/mol. The van der Waals surface area contributed by atoms with E-state index in [0.717, 1.165) is 22.2 Å². The number of methoxy groups -OCH3 is 1. The van der Waals surface area contributed by atoms with Crippen LogP contribution in [0.3, 0.4) is 0 Å². The number of halogens is 2. The van der Waals surface area contributed by atoms with Crippen molar-refractivity contribution in [1.82, 2.24) is 10.2 Å². The van der Waals surface area contributed by atoms with Crippen molar-refractivity contribution in [2.24, 2.45) is 0 Å². The van der Waals surface area contributed by atoms with Crippen molar-refractivity contribution in [3.63, 3.8) is 0 Å². The number of nitrogens with zero attached hydrogens (tertiary/aromatic N) is 4. The number of anilines is 2. The van der Waals surface area contributed by atoms with Gasteiger partial charge in [0.05, 0.1) is 35.2 Å². The van der Waals surface area contributed by atoms with Gasteiger partial charge in [0.1, 0.15) is 11.8 Å². The van der Waals surface area contributed by atoms with Crippen molar-refractivity contribution in [2.75, 3.05) is 30.8 Å². The van der Waals surface area contributed by atoms with Gasteiger partial charge in [0.2, 0.25) is 0 Å². The minimum atomic E-state index is -0.283. The van der Waals surface area contributed by atoms with Crippen LogP contribution >= 0.6 is 24.0 Å². The van der Waals surface area contributed by atoms with Gasteiger partial charge < -0.3 is 20.5 Å². The average Bonchev–Trinajstić information content (AvgIpc) is 2.75. The maximum Gasteiger partial charge on any atom is 0.159 e. The van der Waals surface area contributed by atoms with Crippen LogP contribution in [-0.4, -0.2) is 41.6 Å². The Bertz CT molecular complexity index is 1140. The molecule has 4 rings (SSSR count). The molecule has 3 aromatic rings. The molecule has 31 heavy (non-hydrogen) atoms. The van der Waals surface area contributed by atoms with Crippen LogP contribution in [0.5, 0.6) is 5.75 Å². The van der Waals surface area contributed by atoms with Crippen LogP contribution in [0.4, 0.5) is 11.5 Å². The number of hydrogen-bond acceptors (Lipinski definition) is 7. The topological polar surface area (TPSA) is 108 Å². The Morgan fingerprint density at radius 1 is 1.26 bits per heavy atom. The van der Waals surface area contributed by atoms with Crippen LogP contribution in [-0.2, 0) is 6.42 Å². The molecule has 3 N–H and O–H groups in total. The Hall–Kier alpha value is -2.79. The summed E-state index contributed by atoms with van der Waals surface area (Å²) in [6.07, 6.45) is 1.54. The average molecular weight is 460 g/mol. The molecule has 0 atom stereocenters. The minimum absolute atomic E-state index is 0. The summed E-state index contributed by atoms with van der Waals surface area (Å²) in [5.74, 6) is 1.33. The molecule has 0 bridgehead atoms. The zero-order chi connectivity index (χ0) is 21.3. The molecule has 0 radical (unpaired) electrons. The number of ether oxygens (including phenoxy) is 1. The van der Waals surface area contributed by atoms with E-state index in [-0.39, 0.29) is 18.5 Å². The largest absolute Gasteiger partial charge is 0.495 e. The van der Waals surface area contributed by atoms with Crippen LogP contribution in [0.2, 0.25) is 5.02 Å². The van der Waals surface area contributed by atoms with Gasteiger partial charge in [0, 0.05) is 30.3 Å². The smallest absolute Gasteiger partial charge is 0.159 e. The van der Waals surface area contributed by atoms with Gasteiger partial charge in [0.25, 0.3) is 0 Å². The van der Waals surface area contributed by atoms with Crippen LogP contribution in [0, 0.1) is 11.3 Å². The third-order valence-corrected chi connectivity index (χ3v) is 5.81. The first-order valence-electron chi connectivity index (χ1n) is 9.75. The molecule has 0 amide bonds. The van der Waals surface area contributed by atoms with Gasteiger partial charge in [0.15, 0.2) is 5.82 Å². The van der Waals surface area contributed by atoms with Gasteiger partial charge in [-0.15, -0.1) is 17.5 Å². The SMILES string of the molecule is COc1ccc(Cc2nnc(N3CCC(O)CC3)c3ccc(C#N)c(N)c23)cc1Cl.Cl. The quantitative estimate of drug-likeness (QED) is 0.572. The molecule has 1 fully saturated rings. The van der Waals surface area contributed by atoms with E-state index in [0.29, 0.717) is 60.1 Å². The van der Waals surface area contributed by atoms with E-state index in [1.54, 1.807) is 13.2 Å². The number of hydrogen-bond donors (Lipinski definition) is 2. The maximum atomic E-state index is 9.83. The standard InChI is InChI=1S/C22H22ClN5O2.ClH/c1-30-19-5-2-13(10-17(19)23)11-18-20-16(4-3-14(12-24)21(20)25)22(27-26-18)28-8-6-15(29)7-9-28;/h2-5,10,15,29H,6-9,11,25H2,1H3;1H. The lowest BCUT2D eigenvalue weighted by Crippen LogP contribution is -2.36. The van der Waals surface area contributed by atoms with Gasteiger partial charge in [-0.2, -0.15) is 10.4 Å². The first kappa shape index (κ1) is 22.9. The molecule has 0 unspecified atom stereocenters. The van der Waals surface area contributed by atoms with E-state index in [1.165, 1.54) is 0 Å². The highest BCUT2D eigenvalue weighted by atomic mass is 35.5. The Morgan fingerprint density at radius 3 is 2.65 bits per heavy atom.